The molecule has 2 heterocycles. The summed E-state index contributed by atoms with van der Waals surface area (Å²) < 4.78 is 15.0. The van der Waals surface area contributed by atoms with E-state index < -0.39 is 16.5 Å². The van der Waals surface area contributed by atoms with Gasteiger partial charge in [-0.1, -0.05) is 86.4 Å². The molecule has 0 bridgehead atoms. The second-order valence-electron chi connectivity index (χ2n) is 10.9. The number of ether oxygens (including phenoxy) is 2. The number of allylic oxidation sites excluding steroid dienone is 1. The van der Waals surface area contributed by atoms with Crippen LogP contribution in [-0.4, -0.2) is 48.6 Å². The summed E-state index contributed by atoms with van der Waals surface area (Å²) >= 11 is 0. The molecule has 0 amide bonds. The van der Waals surface area contributed by atoms with Crippen LogP contribution in [0.25, 0.3) is 10.7 Å². The summed E-state index contributed by atoms with van der Waals surface area (Å²) in [7, 11) is -3.23. The van der Waals surface area contributed by atoms with E-state index in [9.17, 15) is 0 Å². The van der Waals surface area contributed by atoms with Crippen molar-refractivity contribution in [2.24, 2.45) is 4.66 Å². The molecule has 4 nitrogen and oxygen atoms in total. The Morgan fingerprint density at radius 1 is 0.694 bits per heavy atom. The Balaban J connectivity index is 0.000000484. The summed E-state index contributed by atoms with van der Waals surface area (Å²) in [5.74, 6) is 0. The molecule has 2 fully saturated rings. The molecule has 36 heavy (non-hydrogen) atoms. The predicted octanol–water partition coefficient (Wildman–Crippen LogP) is 5.16. The number of nitrogens with zero attached hydrogens (tertiary/aromatic N) is 2. The Hall–Kier alpha value is -0.360. The van der Waals surface area contributed by atoms with E-state index in [0.717, 1.165) is 49.0 Å². The molecule has 4 rings (SSSR count). The minimum absolute atomic E-state index is 0. The predicted molar refractivity (Wildman–Crippen MR) is 158 cm³/mol. The van der Waals surface area contributed by atoms with Crippen LogP contribution in [0.4, 0.5) is 0 Å². The topological polar surface area (TPSA) is 44.9 Å². The van der Waals surface area contributed by atoms with Crippen molar-refractivity contribution in [1.29, 1.82) is 0 Å². The van der Waals surface area contributed by atoms with Gasteiger partial charge in [0.05, 0.1) is 5.71 Å². The first-order valence-corrected chi connectivity index (χ1v) is 19.8. The molecule has 0 aliphatic carbocycles. The van der Waals surface area contributed by atoms with Crippen LogP contribution in [0.1, 0.15) is 36.8 Å². The van der Waals surface area contributed by atoms with E-state index in [-0.39, 0.29) is 51.4 Å². The van der Waals surface area contributed by atoms with Crippen molar-refractivity contribution in [2.45, 2.75) is 65.0 Å². The molecular formula is C29H45KN2O2Si2. The van der Waals surface area contributed by atoms with E-state index in [1.165, 1.54) is 25.7 Å². The van der Waals surface area contributed by atoms with E-state index >= 15 is 0 Å². The maximum absolute atomic E-state index is 5.11. The molecular weight excluding hydrogens is 504 g/mol. The van der Waals surface area contributed by atoms with Gasteiger partial charge < -0.3 is 19.1 Å². The monoisotopic (exact) mass is 548 g/mol. The van der Waals surface area contributed by atoms with Crippen molar-refractivity contribution in [2.75, 3.05) is 26.4 Å². The van der Waals surface area contributed by atoms with Gasteiger partial charge in [0.25, 0.3) is 0 Å². The second kappa shape index (κ2) is 18.0. The number of rotatable bonds is 6. The Kier molecular flexibility index (Phi) is 16.9. The summed E-state index contributed by atoms with van der Waals surface area (Å²) in [4.78, 5) is 5.11. The Morgan fingerprint density at radius 3 is 1.44 bits per heavy atom. The largest absolute Gasteiger partial charge is 1.00 e. The van der Waals surface area contributed by atoms with Crippen molar-refractivity contribution in [3.8, 4) is 0 Å². The van der Waals surface area contributed by atoms with E-state index in [4.69, 9.17) is 19.1 Å². The fourth-order valence-electron chi connectivity index (χ4n) is 3.45. The van der Waals surface area contributed by atoms with Gasteiger partial charge in [-0.3, -0.25) is 0 Å². The average Bonchev–Trinajstić information content (AvgIpc) is 3.57. The fraction of sp³-hybridized carbons (Fsp3) is 0.483. The van der Waals surface area contributed by atoms with Gasteiger partial charge in [-0.2, -0.15) is 0 Å². The molecule has 0 spiro atoms. The van der Waals surface area contributed by atoms with Crippen LogP contribution in [0.3, 0.4) is 0 Å². The molecule has 0 aromatic heterocycles. The van der Waals surface area contributed by atoms with Crippen LogP contribution >= 0.6 is 0 Å². The van der Waals surface area contributed by atoms with Crippen LogP contribution in [-0.2, 0) is 9.47 Å². The molecule has 0 unspecified atom stereocenters. The third kappa shape index (κ3) is 15.8. The molecule has 2 aliphatic rings. The minimum atomic E-state index is -1.62. The molecule has 0 radical (unpaired) electrons. The van der Waals surface area contributed by atoms with Crippen molar-refractivity contribution >= 4 is 27.9 Å². The first kappa shape index (κ1) is 33.7. The van der Waals surface area contributed by atoms with Crippen LogP contribution in [0.2, 0.25) is 39.3 Å². The van der Waals surface area contributed by atoms with Gasteiger partial charge in [0, 0.05) is 26.4 Å². The summed E-state index contributed by atoms with van der Waals surface area (Å²) in [5.41, 5.74) is 4.40. The zero-order chi connectivity index (χ0) is 25.6. The Labute approximate surface area is 265 Å². The molecule has 2 aromatic rings. The maximum atomic E-state index is 5.11. The van der Waals surface area contributed by atoms with Crippen molar-refractivity contribution < 1.29 is 60.9 Å². The van der Waals surface area contributed by atoms with Crippen molar-refractivity contribution in [3.05, 3.63) is 82.8 Å². The van der Waals surface area contributed by atoms with E-state index in [2.05, 4.69) is 93.9 Å². The summed E-state index contributed by atoms with van der Waals surface area (Å²) in [5, 5.41) is 0. The third-order valence-corrected chi connectivity index (χ3v) is 6.80. The quantitative estimate of drug-likeness (QED) is 0.370. The molecule has 7 heteroatoms. The van der Waals surface area contributed by atoms with E-state index in [1.54, 1.807) is 0 Å². The molecule has 2 saturated heterocycles. The standard InChI is InChI=1S/C21H29N2Si2.2C4H8O.K/c1-24(2,3)22-20(18-13-9-7-10-14-18)17-21(23-25(4,5)6)19-15-11-8-12-16-19;2*1-2-4-5-3-1;/h7-17H,1-6H3;2*1-4H2;/q-1;;;+1/b20-17+,23-21+;;;. The first-order valence-electron chi connectivity index (χ1n) is 12.9. The zero-order valence-electron chi connectivity index (χ0n) is 23.7. The third-order valence-electron chi connectivity index (χ3n) is 4.98. The number of hydrogen-bond donors (Lipinski definition) is 0. The van der Waals surface area contributed by atoms with Crippen LogP contribution in [0.15, 0.2) is 71.4 Å². The van der Waals surface area contributed by atoms with Gasteiger partial charge in [0.2, 0.25) is 0 Å². The van der Waals surface area contributed by atoms with Crippen LogP contribution < -0.4 is 51.4 Å². The zero-order valence-corrected chi connectivity index (χ0v) is 28.8. The van der Waals surface area contributed by atoms with Crippen molar-refractivity contribution in [3.63, 3.8) is 0 Å². The normalized spacial score (nSPS) is 16.2. The van der Waals surface area contributed by atoms with Gasteiger partial charge in [-0.05, 0) is 64.7 Å². The van der Waals surface area contributed by atoms with Gasteiger partial charge in [0.15, 0.2) is 8.24 Å². The molecule has 0 saturated carbocycles. The molecule has 192 valence electrons. The van der Waals surface area contributed by atoms with Gasteiger partial charge in [-0.15, -0.1) is 5.70 Å². The van der Waals surface area contributed by atoms with Gasteiger partial charge in [-0.25, -0.2) is 0 Å². The van der Waals surface area contributed by atoms with Crippen LogP contribution in [0, 0.1) is 0 Å². The number of benzene rings is 2. The molecule has 2 aliphatic heterocycles. The fourth-order valence-corrected chi connectivity index (χ4v) is 5.28. The number of hydrogen-bond acceptors (Lipinski definition) is 3. The average molecular weight is 549 g/mol. The molecule has 2 aromatic carbocycles. The maximum Gasteiger partial charge on any atom is 1.00 e. The first-order chi connectivity index (χ1) is 16.6. The van der Waals surface area contributed by atoms with E-state index in [0.29, 0.717) is 0 Å². The Morgan fingerprint density at radius 2 is 1.11 bits per heavy atom. The summed E-state index contributed by atoms with van der Waals surface area (Å²) in [6.45, 7) is 17.6. The van der Waals surface area contributed by atoms with Crippen molar-refractivity contribution in [1.82, 2.24) is 0 Å². The Bertz CT molecular complexity index is 875. The second-order valence-corrected chi connectivity index (χ2v) is 20.0. The van der Waals surface area contributed by atoms with Gasteiger partial charge in [0.1, 0.15) is 0 Å². The molecule has 0 atom stereocenters. The summed E-state index contributed by atoms with van der Waals surface area (Å²) in [6, 6.07) is 20.9. The minimum Gasteiger partial charge on any atom is -0.687 e. The van der Waals surface area contributed by atoms with Gasteiger partial charge >= 0.3 is 51.4 Å². The molecule has 0 N–H and O–H groups in total. The summed E-state index contributed by atoms with van der Waals surface area (Å²) in [6.07, 6.45) is 7.29. The van der Waals surface area contributed by atoms with E-state index in [1.807, 2.05) is 12.1 Å². The smallest absolute Gasteiger partial charge is 0.687 e. The van der Waals surface area contributed by atoms with Crippen LogP contribution in [0.5, 0.6) is 0 Å². The SMILES string of the molecule is C1CCOC1.C1CCOC1.C[Si](C)(C)/N=C(\C=C(\[N-][Si](C)(C)C)c1ccccc1)c1ccccc1.[K+].